The fourth-order valence-corrected chi connectivity index (χ4v) is 1.67. The predicted molar refractivity (Wildman–Crippen MR) is 55.9 cm³/mol. The second-order valence-electron chi connectivity index (χ2n) is 3.34. The van der Waals surface area contributed by atoms with Crippen molar-refractivity contribution in [2.24, 2.45) is 5.92 Å². The maximum atomic E-state index is 11.7. The van der Waals surface area contributed by atoms with Crippen LogP contribution in [0.4, 0.5) is 5.69 Å². The first-order chi connectivity index (χ1) is 7.16. The van der Waals surface area contributed by atoms with Gasteiger partial charge in [0.2, 0.25) is 13.9 Å². The molecule has 1 heterocycles. The molecule has 4 nitrogen and oxygen atoms in total. The van der Waals surface area contributed by atoms with E-state index in [2.05, 4.69) is 0 Å². The molecule has 1 aromatic carbocycles. The summed E-state index contributed by atoms with van der Waals surface area (Å²) < 4.78 is 0. The summed E-state index contributed by atoms with van der Waals surface area (Å²) >= 11 is 0. The van der Waals surface area contributed by atoms with Crippen LogP contribution in [0.3, 0.4) is 0 Å². The van der Waals surface area contributed by atoms with E-state index in [1.54, 1.807) is 38.3 Å². The Morgan fingerprint density at radius 3 is 2.67 bits per heavy atom. The number of hydrogen-bond acceptors (Lipinski definition) is 3. The highest BCUT2D eigenvalue weighted by atomic mass is 16.2. The second kappa shape index (κ2) is 3.25. The lowest BCUT2D eigenvalue weighted by molar-refractivity contribution is -0.118. The number of ketones is 1. The summed E-state index contributed by atoms with van der Waals surface area (Å²) in [4.78, 5) is 24.7. The Morgan fingerprint density at radius 2 is 2.00 bits per heavy atom. The van der Waals surface area contributed by atoms with Crippen LogP contribution in [0.2, 0.25) is 0 Å². The van der Waals surface area contributed by atoms with Crippen molar-refractivity contribution in [2.75, 3.05) is 4.81 Å². The summed E-state index contributed by atoms with van der Waals surface area (Å²) in [6, 6.07) is 8.53. The van der Waals surface area contributed by atoms with E-state index in [1.807, 2.05) is 0 Å². The topological polar surface area (TPSA) is 61.2 Å². The van der Waals surface area contributed by atoms with E-state index in [4.69, 9.17) is 5.26 Å². The third-order valence-corrected chi connectivity index (χ3v) is 2.50. The van der Waals surface area contributed by atoms with Crippen molar-refractivity contribution in [3.63, 3.8) is 0 Å². The second-order valence-corrected chi connectivity index (χ2v) is 3.34. The SMILES string of the molecule is BN1C(=O)C(C#N)C(=O)c2ccccc21. The standard InChI is InChI=1S/C10H7BN2O2/c11-13-8-4-2-1-3-6(8)9(14)7(5-12)10(13)15/h1-4,7H,11H2. The van der Waals surface area contributed by atoms with Crippen LogP contribution < -0.4 is 4.81 Å². The molecule has 1 aliphatic heterocycles. The molecule has 0 N–H and O–H groups in total. The van der Waals surface area contributed by atoms with Crippen molar-refractivity contribution in [1.29, 1.82) is 5.26 Å². The monoisotopic (exact) mass is 198 g/mol. The Kier molecular flexibility index (Phi) is 2.05. The van der Waals surface area contributed by atoms with Gasteiger partial charge in [-0.25, -0.2) is 0 Å². The van der Waals surface area contributed by atoms with Crippen molar-refractivity contribution in [3.8, 4) is 6.07 Å². The average Bonchev–Trinajstić information content (AvgIpc) is 2.27. The summed E-state index contributed by atoms with van der Waals surface area (Å²) in [5, 5.41) is 8.76. The fraction of sp³-hybridized carbons (Fsp3) is 0.100. The van der Waals surface area contributed by atoms with E-state index < -0.39 is 17.6 Å². The zero-order chi connectivity index (χ0) is 11.0. The molecule has 1 aliphatic rings. The minimum absolute atomic E-state index is 0.406. The van der Waals surface area contributed by atoms with Gasteiger partial charge in [-0.3, -0.25) is 9.59 Å². The number of carbonyl (C=O) groups excluding carboxylic acids is 2. The van der Waals surface area contributed by atoms with E-state index in [9.17, 15) is 9.59 Å². The highest BCUT2D eigenvalue weighted by Crippen LogP contribution is 2.28. The van der Waals surface area contributed by atoms with E-state index in [1.165, 1.54) is 4.81 Å². The van der Waals surface area contributed by atoms with Crippen LogP contribution in [0.1, 0.15) is 10.4 Å². The first-order valence-electron chi connectivity index (χ1n) is 4.47. The van der Waals surface area contributed by atoms with Gasteiger partial charge in [0.1, 0.15) is 0 Å². The van der Waals surface area contributed by atoms with Gasteiger partial charge in [0.05, 0.1) is 6.07 Å². The van der Waals surface area contributed by atoms with Crippen molar-refractivity contribution in [3.05, 3.63) is 29.8 Å². The predicted octanol–water partition coefficient (Wildman–Crippen LogP) is -0.0962. The molecule has 0 radical (unpaired) electrons. The first-order valence-corrected chi connectivity index (χ1v) is 4.47. The minimum Gasteiger partial charge on any atom is -0.363 e. The number of anilines is 1. The van der Waals surface area contributed by atoms with Gasteiger partial charge in [0.25, 0.3) is 0 Å². The molecular weight excluding hydrogens is 191 g/mol. The molecule has 2 rings (SSSR count). The zero-order valence-corrected chi connectivity index (χ0v) is 8.10. The summed E-state index contributed by atoms with van der Waals surface area (Å²) in [5.74, 6) is -2.05. The van der Waals surface area contributed by atoms with Crippen LogP contribution in [0.15, 0.2) is 24.3 Å². The summed E-state index contributed by atoms with van der Waals surface area (Å²) in [6.07, 6.45) is 0. The van der Waals surface area contributed by atoms with Crippen LogP contribution in [0.5, 0.6) is 0 Å². The molecule has 0 fully saturated rings. The molecule has 0 aromatic heterocycles. The van der Waals surface area contributed by atoms with Crippen molar-refractivity contribution >= 4 is 25.4 Å². The van der Waals surface area contributed by atoms with Gasteiger partial charge in [0.15, 0.2) is 11.7 Å². The number of rotatable bonds is 0. The Balaban J connectivity index is 2.63. The highest BCUT2D eigenvalue weighted by Gasteiger charge is 2.37. The molecular formula is C10H7BN2O2. The molecule has 15 heavy (non-hydrogen) atoms. The smallest absolute Gasteiger partial charge is 0.239 e. The fourth-order valence-electron chi connectivity index (χ4n) is 1.67. The van der Waals surface area contributed by atoms with E-state index in [0.717, 1.165) is 0 Å². The summed E-state index contributed by atoms with van der Waals surface area (Å²) in [7, 11) is 1.57. The maximum Gasteiger partial charge on any atom is 0.239 e. The number of Topliss-reactive ketones (excluding diaryl/α,β-unsaturated/α-hetero) is 1. The van der Waals surface area contributed by atoms with Gasteiger partial charge in [0, 0.05) is 11.3 Å². The molecule has 1 unspecified atom stereocenters. The van der Waals surface area contributed by atoms with Crippen LogP contribution in [-0.4, -0.2) is 19.7 Å². The van der Waals surface area contributed by atoms with Gasteiger partial charge < -0.3 is 4.81 Å². The molecule has 1 atom stereocenters. The molecule has 0 saturated heterocycles. The number of amides is 1. The Morgan fingerprint density at radius 1 is 1.33 bits per heavy atom. The van der Waals surface area contributed by atoms with Crippen molar-refractivity contribution in [1.82, 2.24) is 0 Å². The third-order valence-electron chi connectivity index (χ3n) is 2.50. The molecule has 0 aliphatic carbocycles. The number of para-hydroxylation sites is 1. The minimum atomic E-state index is -1.19. The summed E-state index contributed by atoms with van der Waals surface area (Å²) in [5.41, 5.74) is 1.00. The van der Waals surface area contributed by atoms with Crippen molar-refractivity contribution < 1.29 is 9.59 Å². The normalized spacial score (nSPS) is 19.7. The molecule has 1 aromatic rings. The molecule has 5 heteroatoms. The van der Waals surface area contributed by atoms with Gasteiger partial charge in [-0.15, -0.1) is 0 Å². The largest absolute Gasteiger partial charge is 0.363 e. The molecule has 0 spiro atoms. The van der Waals surface area contributed by atoms with Gasteiger partial charge >= 0.3 is 0 Å². The average molecular weight is 198 g/mol. The first kappa shape index (κ1) is 9.47. The van der Waals surface area contributed by atoms with Gasteiger partial charge in [-0.05, 0) is 12.1 Å². The number of nitriles is 1. The lowest BCUT2D eigenvalue weighted by Crippen LogP contribution is -2.42. The number of fused-ring (bicyclic) bond motifs is 1. The van der Waals surface area contributed by atoms with Gasteiger partial charge in [-0.2, -0.15) is 5.26 Å². The van der Waals surface area contributed by atoms with E-state index >= 15 is 0 Å². The molecule has 0 saturated carbocycles. The van der Waals surface area contributed by atoms with E-state index in [-0.39, 0.29) is 0 Å². The lowest BCUT2D eigenvalue weighted by atomic mass is 9.89. The number of hydrogen-bond donors (Lipinski definition) is 0. The van der Waals surface area contributed by atoms with Crippen molar-refractivity contribution in [2.45, 2.75) is 0 Å². The number of benzene rings is 1. The Labute approximate surface area is 87.5 Å². The zero-order valence-electron chi connectivity index (χ0n) is 8.10. The quantitative estimate of drug-likeness (QED) is 0.432. The van der Waals surface area contributed by atoms with E-state index in [0.29, 0.717) is 11.3 Å². The van der Waals surface area contributed by atoms with Crippen LogP contribution in [0, 0.1) is 17.2 Å². The molecule has 1 amide bonds. The summed E-state index contributed by atoms with van der Waals surface area (Å²) in [6.45, 7) is 0. The van der Waals surface area contributed by atoms with Crippen LogP contribution in [0.25, 0.3) is 0 Å². The number of nitrogens with zero attached hydrogens (tertiary/aromatic N) is 2. The molecule has 0 bridgehead atoms. The maximum absolute atomic E-state index is 11.7. The highest BCUT2D eigenvalue weighted by molar-refractivity contribution is 6.38. The number of carbonyl (C=O) groups is 2. The lowest BCUT2D eigenvalue weighted by Gasteiger charge is -2.27. The molecule has 72 valence electrons. The van der Waals surface area contributed by atoms with Gasteiger partial charge in [-0.1, -0.05) is 12.1 Å². The van der Waals surface area contributed by atoms with Crippen LogP contribution >= 0.6 is 0 Å². The Bertz CT molecular complexity index is 492. The Hall–Kier alpha value is -2.09. The third kappa shape index (κ3) is 1.23. The van der Waals surface area contributed by atoms with Crippen LogP contribution in [-0.2, 0) is 4.79 Å².